The van der Waals surface area contributed by atoms with Gasteiger partial charge in [0, 0.05) is 26.6 Å². The molecule has 0 heterocycles. The minimum Gasteiger partial charge on any atom is -0.508 e. The van der Waals surface area contributed by atoms with E-state index in [2.05, 4.69) is 12.2 Å². The van der Waals surface area contributed by atoms with E-state index in [-0.39, 0.29) is 24.5 Å². The molecule has 0 radical (unpaired) electrons. The third-order valence-corrected chi connectivity index (χ3v) is 7.30. The lowest BCUT2D eigenvalue weighted by atomic mass is 9.99. The first-order chi connectivity index (χ1) is 19.2. The van der Waals surface area contributed by atoms with Gasteiger partial charge in [-0.2, -0.15) is 0 Å². The van der Waals surface area contributed by atoms with Gasteiger partial charge in [-0.1, -0.05) is 65.0 Å². The van der Waals surface area contributed by atoms with E-state index in [0.29, 0.717) is 12.0 Å². The van der Waals surface area contributed by atoms with Crippen molar-refractivity contribution in [2.24, 2.45) is 11.7 Å². The zero-order valence-corrected chi connectivity index (χ0v) is 25.4. The van der Waals surface area contributed by atoms with E-state index >= 15 is 0 Å². The van der Waals surface area contributed by atoms with Crippen LogP contribution in [0.5, 0.6) is 5.75 Å². The van der Waals surface area contributed by atoms with Crippen molar-refractivity contribution in [1.29, 1.82) is 0 Å². The highest BCUT2D eigenvalue weighted by Crippen LogP contribution is 2.19. The van der Waals surface area contributed by atoms with Crippen molar-refractivity contribution in [2.75, 3.05) is 14.1 Å². The highest BCUT2D eigenvalue weighted by molar-refractivity contribution is 5.94. The topological polar surface area (TPSA) is 173 Å². The Bertz CT molecular complexity index is 986. The van der Waals surface area contributed by atoms with E-state index < -0.39 is 54.0 Å². The number of nitrogens with zero attached hydrogens (tertiary/aromatic N) is 2. The summed E-state index contributed by atoms with van der Waals surface area (Å²) < 4.78 is 0. The summed E-state index contributed by atoms with van der Waals surface area (Å²) in [5.41, 5.74) is 6.67. The Labute approximate surface area is 244 Å². The number of carboxylic acid groups (broad SMARTS) is 1. The largest absolute Gasteiger partial charge is 0.508 e. The molecule has 5 atom stereocenters. The normalized spacial score (nSPS) is 15.0. The van der Waals surface area contributed by atoms with Crippen LogP contribution < -0.4 is 11.1 Å². The maximum atomic E-state index is 13.7. The highest BCUT2D eigenvalue weighted by Gasteiger charge is 2.37. The van der Waals surface area contributed by atoms with Crippen molar-refractivity contribution in [3.8, 4) is 5.75 Å². The second-order valence-electron chi connectivity index (χ2n) is 11.3. The van der Waals surface area contributed by atoms with Crippen LogP contribution in [0.1, 0.15) is 78.2 Å². The first-order valence-electron chi connectivity index (χ1n) is 14.5. The molecule has 232 valence electrons. The van der Waals surface area contributed by atoms with E-state index in [4.69, 9.17) is 5.73 Å². The average Bonchev–Trinajstić information content (AvgIpc) is 2.93. The standard InChI is InChI=1S/C30H50N4O7/c1-7-8-9-10-11-12-23(31)26(36)27(37)32-20(4)28(38)33(5)24(18-21-13-15-22(35)16-14-21)29(39)34(6)25(30(40)41)17-19(2)3/h13-16,19-20,23-26,35-36H,7-12,17-18,31H2,1-6H3,(H,32,37)(H,40,41)/t20-,23+,24-,25-,26-/m0/s1. The van der Waals surface area contributed by atoms with Gasteiger partial charge in [0.25, 0.3) is 5.91 Å². The number of amides is 3. The predicted octanol–water partition coefficient (Wildman–Crippen LogP) is 2.27. The number of aromatic hydroxyl groups is 1. The lowest BCUT2D eigenvalue weighted by molar-refractivity contribution is -0.154. The van der Waals surface area contributed by atoms with Gasteiger partial charge in [0.15, 0.2) is 0 Å². The first-order valence-corrected chi connectivity index (χ1v) is 14.5. The predicted molar refractivity (Wildman–Crippen MR) is 157 cm³/mol. The molecule has 11 nitrogen and oxygen atoms in total. The van der Waals surface area contributed by atoms with Gasteiger partial charge in [0.05, 0.1) is 0 Å². The molecule has 3 amide bonds. The molecular formula is C30H50N4O7. The highest BCUT2D eigenvalue weighted by atomic mass is 16.4. The lowest BCUT2D eigenvalue weighted by Crippen LogP contribution is -2.58. The van der Waals surface area contributed by atoms with Crippen LogP contribution >= 0.6 is 0 Å². The van der Waals surface area contributed by atoms with Gasteiger partial charge in [-0.3, -0.25) is 14.4 Å². The zero-order valence-electron chi connectivity index (χ0n) is 25.4. The summed E-state index contributed by atoms with van der Waals surface area (Å²) in [6.45, 7) is 7.28. The molecule has 0 aliphatic carbocycles. The molecule has 0 fully saturated rings. The number of aliphatic hydroxyl groups is 1. The maximum Gasteiger partial charge on any atom is 0.326 e. The number of carboxylic acids is 1. The molecule has 6 N–H and O–H groups in total. The van der Waals surface area contributed by atoms with E-state index in [1.807, 2.05) is 13.8 Å². The number of aliphatic carboxylic acids is 1. The Balaban J connectivity index is 3.05. The van der Waals surface area contributed by atoms with Crippen molar-refractivity contribution >= 4 is 23.7 Å². The Morgan fingerprint density at radius 3 is 2.00 bits per heavy atom. The third kappa shape index (κ3) is 11.7. The number of hydrogen-bond acceptors (Lipinski definition) is 7. The van der Waals surface area contributed by atoms with Crippen molar-refractivity contribution in [2.45, 2.75) is 109 Å². The fraction of sp³-hybridized carbons (Fsp3) is 0.667. The summed E-state index contributed by atoms with van der Waals surface area (Å²) in [5.74, 6) is -3.06. The maximum absolute atomic E-state index is 13.7. The molecule has 11 heteroatoms. The van der Waals surface area contributed by atoms with Crippen LogP contribution in [0.4, 0.5) is 0 Å². The quantitative estimate of drug-likeness (QED) is 0.165. The minimum absolute atomic E-state index is 0.00522. The van der Waals surface area contributed by atoms with Crippen LogP contribution in [0, 0.1) is 5.92 Å². The molecule has 0 aliphatic rings. The monoisotopic (exact) mass is 578 g/mol. The SMILES string of the molecule is CCCCCCC[C@@H](N)[C@H](O)C(=O)N[C@@H](C)C(=O)N(C)[C@@H](Cc1ccc(O)cc1)C(=O)N(C)[C@@H](CC(C)C)C(=O)O. The molecule has 0 bridgehead atoms. The number of nitrogens with one attached hydrogen (secondary N) is 1. The number of unbranched alkanes of at least 4 members (excludes halogenated alkanes) is 4. The minimum atomic E-state index is -1.49. The number of phenols is 1. The van der Waals surface area contributed by atoms with Crippen molar-refractivity contribution in [3.05, 3.63) is 29.8 Å². The molecule has 1 rings (SSSR count). The molecular weight excluding hydrogens is 528 g/mol. The fourth-order valence-electron chi connectivity index (χ4n) is 4.66. The molecule has 0 unspecified atom stereocenters. The zero-order chi connectivity index (χ0) is 31.3. The average molecular weight is 579 g/mol. The Kier molecular flexibility index (Phi) is 15.4. The van der Waals surface area contributed by atoms with Crippen LogP contribution in [-0.4, -0.2) is 93.2 Å². The van der Waals surface area contributed by atoms with Crippen LogP contribution in [0.15, 0.2) is 24.3 Å². The summed E-state index contributed by atoms with van der Waals surface area (Å²) >= 11 is 0. The second-order valence-corrected chi connectivity index (χ2v) is 11.3. The van der Waals surface area contributed by atoms with Gasteiger partial charge in [0.2, 0.25) is 11.8 Å². The van der Waals surface area contributed by atoms with Crippen LogP contribution in [-0.2, 0) is 25.6 Å². The lowest BCUT2D eigenvalue weighted by Gasteiger charge is -2.35. The second kappa shape index (κ2) is 17.6. The van der Waals surface area contributed by atoms with Gasteiger partial charge in [-0.15, -0.1) is 0 Å². The van der Waals surface area contributed by atoms with Gasteiger partial charge >= 0.3 is 5.97 Å². The van der Waals surface area contributed by atoms with Crippen LogP contribution in [0.3, 0.4) is 0 Å². The number of nitrogens with two attached hydrogens (primary N) is 1. The molecule has 1 aromatic rings. The summed E-state index contributed by atoms with van der Waals surface area (Å²) in [6, 6.07) is 2.08. The summed E-state index contributed by atoms with van der Waals surface area (Å²) in [4.78, 5) is 54.1. The first kappa shape index (κ1) is 35.8. The Hall–Kier alpha value is -3.18. The van der Waals surface area contributed by atoms with E-state index in [1.54, 1.807) is 12.1 Å². The van der Waals surface area contributed by atoms with E-state index in [0.717, 1.165) is 37.0 Å². The smallest absolute Gasteiger partial charge is 0.326 e. The number of phenolic OH excluding ortho intramolecular Hbond substituents is 1. The molecule has 41 heavy (non-hydrogen) atoms. The molecule has 0 spiro atoms. The summed E-state index contributed by atoms with van der Waals surface area (Å²) in [7, 11) is 2.81. The molecule has 0 saturated heterocycles. The number of likely N-dealkylation sites (N-methyl/N-ethyl adjacent to an activating group) is 2. The number of hydrogen-bond donors (Lipinski definition) is 5. The van der Waals surface area contributed by atoms with Gasteiger partial charge in [-0.05, 0) is 43.4 Å². The summed E-state index contributed by atoms with van der Waals surface area (Å²) in [6.07, 6.45) is 4.28. The third-order valence-electron chi connectivity index (χ3n) is 7.30. The van der Waals surface area contributed by atoms with E-state index in [9.17, 15) is 34.5 Å². The molecule has 0 saturated carbocycles. The number of rotatable bonds is 18. The molecule has 0 aliphatic heterocycles. The van der Waals surface area contributed by atoms with Crippen molar-refractivity contribution in [3.63, 3.8) is 0 Å². The Morgan fingerprint density at radius 2 is 1.46 bits per heavy atom. The summed E-state index contributed by atoms with van der Waals surface area (Å²) in [5, 5.41) is 32.4. The van der Waals surface area contributed by atoms with Crippen molar-refractivity contribution in [1.82, 2.24) is 15.1 Å². The van der Waals surface area contributed by atoms with E-state index in [1.165, 1.54) is 38.1 Å². The number of benzene rings is 1. The molecule has 0 aromatic heterocycles. The van der Waals surface area contributed by atoms with Crippen LogP contribution in [0.2, 0.25) is 0 Å². The fourth-order valence-corrected chi connectivity index (χ4v) is 4.66. The molecule has 1 aromatic carbocycles. The van der Waals surface area contributed by atoms with Gasteiger partial charge in [0.1, 0.15) is 30.0 Å². The Morgan fingerprint density at radius 1 is 0.902 bits per heavy atom. The van der Waals surface area contributed by atoms with Gasteiger partial charge in [-0.25, -0.2) is 4.79 Å². The number of carbonyl (C=O) groups excluding carboxylic acids is 3. The number of aliphatic hydroxyl groups excluding tert-OH is 1. The van der Waals surface area contributed by atoms with Crippen molar-refractivity contribution < 1.29 is 34.5 Å². The van der Waals surface area contributed by atoms with Gasteiger partial charge < -0.3 is 36.2 Å². The van der Waals surface area contributed by atoms with Crippen LogP contribution in [0.25, 0.3) is 0 Å². The number of carbonyl (C=O) groups is 4.